The van der Waals surface area contributed by atoms with Crippen molar-refractivity contribution in [2.24, 2.45) is 0 Å². The van der Waals surface area contributed by atoms with Crippen molar-refractivity contribution in [1.82, 2.24) is 10.2 Å². The molecule has 1 saturated heterocycles. The molecule has 1 fully saturated rings. The van der Waals surface area contributed by atoms with Gasteiger partial charge in [0.15, 0.2) is 0 Å². The molecule has 0 bridgehead atoms. The molecule has 2 amide bonds. The number of thiocarbonyl (C=S) groups is 1. The molecule has 1 aliphatic rings. The van der Waals surface area contributed by atoms with Gasteiger partial charge in [0.1, 0.15) is 4.32 Å². The Labute approximate surface area is 108 Å². The third-order valence-electron chi connectivity index (χ3n) is 2.06. The summed E-state index contributed by atoms with van der Waals surface area (Å²) in [6.45, 7) is 0.619. The fraction of sp³-hybridized carbons (Fsp3) is 0.556. The van der Waals surface area contributed by atoms with Gasteiger partial charge in [-0.05, 0) is 0 Å². The van der Waals surface area contributed by atoms with Gasteiger partial charge in [0.05, 0.1) is 12.2 Å². The fourth-order valence-corrected chi connectivity index (χ4v) is 2.33. The highest BCUT2D eigenvalue weighted by Crippen LogP contribution is 2.18. The molecule has 2 N–H and O–H groups in total. The van der Waals surface area contributed by atoms with E-state index >= 15 is 0 Å². The molecule has 0 spiro atoms. The monoisotopic (exact) mass is 276 g/mol. The van der Waals surface area contributed by atoms with E-state index in [1.807, 2.05) is 0 Å². The highest BCUT2D eigenvalue weighted by atomic mass is 32.2. The van der Waals surface area contributed by atoms with Crippen LogP contribution >= 0.6 is 24.0 Å². The van der Waals surface area contributed by atoms with E-state index < -0.39 is 5.97 Å². The molecular formula is C9H12N2O4S2. The van der Waals surface area contributed by atoms with Crippen molar-refractivity contribution in [3.63, 3.8) is 0 Å². The Morgan fingerprint density at radius 3 is 2.71 bits per heavy atom. The van der Waals surface area contributed by atoms with Crippen LogP contribution in [-0.2, 0) is 14.4 Å². The second kappa shape index (κ2) is 6.55. The molecule has 17 heavy (non-hydrogen) atoms. The van der Waals surface area contributed by atoms with Gasteiger partial charge in [-0.1, -0.05) is 24.0 Å². The number of amides is 2. The first-order valence-electron chi connectivity index (χ1n) is 4.96. The number of rotatable bonds is 6. The maximum absolute atomic E-state index is 11.3. The predicted octanol–water partition coefficient (Wildman–Crippen LogP) is -0.172. The van der Waals surface area contributed by atoms with Gasteiger partial charge in [0, 0.05) is 19.5 Å². The number of thioether (sulfide) groups is 1. The van der Waals surface area contributed by atoms with Gasteiger partial charge >= 0.3 is 5.97 Å². The number of carbonyl (C=O) groups excluding carboxylic acids is 2. The minimum absolute atomic E-state index is 0.0531. The minimum atomic E-state index is -1.01. The van der Waals surface area contributed by atoms with Crippen LogP contribution in [0.15, 0.2) is 0 Å². The van der Waals surface area contributed by atoms with Crippen molar-refractivity contribution >= 4 is 46.1 Å². The lowest BCUT2D eigenvalue weighted by atomic mass is 10.3. The summed E-state index contributed by atoms with van der Waals surface area (Å²) in [6.07, 6.45) is -0.245. The summed E-state index contributed by atoms with van der Waals surface area (Å²) in [5.41, 5.74) is 0. The molecule has 1 rings (SSSR count). The van der Waals surface area contributed by atoms with E-state index in [9.17, 15) is 14.4 Å². The summed E-state index contributed by atoms with van der Waals surface area (Å²) in [5.74, 6) is -1.05. The first-order valence-corrected chi connectivity index (χ1v) is 6.35. The van der Waals surface area contributed by atoms with Crippen LogP contribution < -0.4 is 5.32 Å². The third-order valence-corrected chi connectivity index (χ3v) is 3.50. The lowest BCUT2D eigenvalue weighted by Crippen LogP contribution is -2.37. The summed E-state index contributed by atoms with van der Waals surface area (Å²) in [4.78, 5) is 34.1. The molecule has 0 atom stereocenters. The van der Waals surface area contributed by atoms with Crippen LogP contribution in [-0.4, -0.2) is 51.0 Å². The van der Waals surface area contributed by atoms with Crippen molar-refractivity contribution in [2.45, 2.75) is 12.8 Å². The van der Waals surface area contributed by atoms with Crippen LogP contribution in [0, 0.1) is 0 Å². The summed E-state index contributed by atoms with van der Waals surface area (Å²) >= 11 is 6.26. The smallest absolute Gasteiger partial charge is 0.303 e. The maximum atomic E-state index is 11.3. The lowest BCUT2D eigenvalue weighted by molar-refractivity contribution is -0.138. The van der Waals surface area contributed by atoms with Crippen LogP contribution in [0.4, 0.5) is 0 Å². The molecule has 0 unspecified atom stereocenters. The third kappa shape index (κ3) is 4.70. The molecule has 0 aromatic heterocycles. The van der Waals surface area contributed by atoms with Gasteiger partial charge in [-0.2, -0.15) is 0 Å². The zero-order valence-electron chi connectivity index (χ0n) is 8.97. The zero-order chi connectivity index (χ0) is 12.8. The number of carboxylic acids is 1. The molecule has 1 heterocycles. The fourth-order valence-electron chi connectivity index (χ4n) is 1.21. The summed E-state index contributed by atoms with van der Waals surface area (Å²) in [6, 6.07) is 0. The summed E-state index contributed by atoms with van der Waals surface area (Å²) in [7, 11) is 0. The molecular weight excluding hydrogens is 264 g/mol. The molecule has 94 valence electrons. The van der Waals surface area contributed by atoms with E-state index in [2.05, 4.69) is 5.32 Å². The van der Waals surface area contributed by atoms with Crippen molar-refractivity contribution < 1.29 is 19.5 Å². The number of hydrogen-bond donors (Lipinski definition) is 2. The normalized spacial score (nSPS) is 15.2. The maximum Gasteiger partial charge on any atom is 0.303 e. The van der Waals surface area contributed by atoms with E-state index in [0.29, 0.717) is 16.6 Å². The number of nitrogens with one attached hydrogen (secondary N) is 1. The van der Waals surface area contributed by atoms with Crippen molar-refractivity contribution in [3.05, 3.63) is 0 Å². The molecule has 0 aromatic rings. The second-order valence-electron chi connectivity index (χ2n) is 3.34. The van der Waals surface area contributed by atoms with Crippen LogP contribution in [0.3, 0.4) is 0 Å². The first kappa shape index (κ1) is 13.9. The summed E-state index contributed by atoms with van der Waals surface area (Å²) < 4.78 is 0.523. The van der Waals surface area contributed by atoms with E-state index in [0.717, 1.165) is 0 Å². The SMILES string of the molecule is O=C(O)CCC(=O)NCCN1C(=O)CSC1=S. The predicted molar refractivity (Wildman–Crippen MR) is 66.6 cm³/mol. The molecule has 1 aliphatic heterocycles. The Bertz CT molecular complexity index is 343. The lowest BCUT2D eigenvalue weighted by Gasteiger charge is -2.14. The number of nitrogens with zero attached hydrogens (tertiary/aromatic N) is 1. The highest BCUT2D eigenvalue weighted by molar-refractivity contribution is 8.23. The number of aliphatic carboxylic acids is 1. The highest BCUT2D eigenvalue weighted by Gasteiger charge is 2.25. The van der Waals surface area contributed by atoms with Gasteiger partial charge in [-0.3, -0.25) is 19.3 Å². The van der Waals surface area contributed by atoms with Crippen molar-refractivity contribution in [2.75, 3.05) is 18.8 Å². The average molecular weight is 276 g/mol. The molecule has 0 aliphatic carbocycles. The zero-order valence-corrected chi connectivity index (χ0v) is 10.6. The van der Waals surface area contributed by atoms with E-state index in [-0.39, 0.29) is 31.2 Å². The Kier molecular flexibility index (Phi) is 5.36. The van der Waals surface area contributed by atoms with Gasteiger partial charge in [-0.25, -0.2) is 0 Å². The molecule has 6 nitrogen and oxygen atoms in total. The number of carbonyl (C=O) groups is 3. The summed E-state index contributed by atoms with van der Waals surface area (Å²) in [5, 5.41) is 10.9. The van der Waals surface area contributed by atoms with Crippen LogP contribution in [0.5, 0.6) is 0 Å². The van der Waals surface area contributed by atoms with E-state index in [4.69, 9.17) is 17.3 Å². The van der Waals surface area contributed by atoms with Gasteiger partial charge in [-0.15, -0.1) is 0 Å². The largest absolute Gasteiger partial charge is 0.481 e. The first-order chi connectivity index (χ1) is 8.00. The Hall–Kier alpha value is -1.15. The quantitative estimate of drug-likeness (QED) is 0.655. The van der Waals surface area contributed by atoms with Gasteiger partial charge in [0.2, 0.25) is 11.8 Å². The van der Waals surface area contributed by atoms with Gasteiger partial charge < -0.3 is 10.4 Å². The topological polar surface area (TPSA) is 86.7 Å². The molecule has 0 radical (unpaired) electrons. The average Bonchev–Trinajstić information content (AvgIpc) is 2.57. The van der Waals surface area contributed by atoms with Crippen LogP contribution in [0.25, 0.3) is 0 Å². The van der Waals surface area contributed by atoms with Crippen LogP contribution in [0.1, 0.15) is 12.8 Å². The van der Waals surface area contributed by atoms with E-state index in [1.165, 1.54) is 16.7 Å². The Morgan fingerprint density at radius 1 is 1.47 bits per heavy atom. The van der Waals surface area contributed by atoms with Gasteiger partial charge in [0.25, 0.3) is 0 Å². The number of carboxylic acid groups (broad SMARTS) is 1. The molecule has 0 aromatic carbocycles. The Morgan fingerprint density at radius 2 is 2.18 bits per heavy atom. The Balaban J connectivity index is 2.19. The van der Waals surface area contributed by atoms with Crippen molar-refractivity contribution in [1.29, 1.82) is 0 Å². The van der Waals surface area contributed by atoms with Crippen molar-refractivity contribution in [3.8, 4) is 0 Å². The van der Waals surface area contributed by atoms with Crippen LogP contribution in [0.2, 0.25) is 0 Å². The minimum Gasteiger partial charge on any atom is -0.481 e. The molecule has 8 heteroatoms. The number of hydrogen-bond acceptors (Lipinski definition) is 5. The second-order valence-corrected chi connectivity index (χ2v) is 4.95. The molecule has 0 saturated carbocycles. The standard InChI is InChI=1S/C9H12N2O4S2/c12-6(1-2-8(14)15)10-3-4-11-7(13)5-17-9(11)16/h1-5H2,(H,10,12)(H,14,15). The van der Waals surface area contributed by atoms with E-state index in [1.54, 1.807) is 0 Å².